The fourth-order valence-corrected chi connectivity index (χ4v) is 2.35. The van der Waals surface area contributed by atoms with Crippen LogP contribution in [-0.4, -0.2) is 54.6 Å². The molecule has 21 heavy (non-hydrogen) atoms. The standard InChI is InChI=1S/C16H22N2O3/c1-16(2)12-20-8-7-18(16)10-14(19)11-21-15-5-3-13(9-17)4-6-15/h3-6,14,19H,7-8,10-12H2,1-2H3/t14-/m1/s1. The first kappa shape index (κ1) is 15.8. The van der Waals surface area contributed by atoms with E-state index < -0.39 is 6.10 Å². The summed E-state index contributed by atoms with van der Waals surface area (Å²) in [6, 6.07) is 8.94. The summed E-state index contributed by atoms with van der Waals surface area (Å²) >= 11 is 0. The molecule has 1 aromatic carbocycles. The van der Waals surface area contributed by atoms with Gasteiger partial charge in [-0.05, 0) is 38.1 Å². The molecule has 1 fully saturated rings. The molecule has 2 rings (SSSR count). The van der Waals surface area contributed by atoms with Gasteiger partial charge < -0.3 is 14.6 Å². The average Bonchev–Trinajstić information content (AvgIpc) is 2.48. The molecule has 0 unspecified atom stereocenters. The van der Waals surface area contributed by atoms with E-state index >= 15 is 0 Å². The Kier molecular flexibility index (Phi) is 5.18. The fraction of sp³-hybridized carbons (Fsp3) is 0.562. The molecule has 0 radical (unpaired) electrons. The minimum Gasteiger partial charge on any atom is -0.491 e. The highest BCUT2D eigenvalue weighted by Gasteiger charge is 2.31. The molecule has 0 spiro atoms. The zero-order chi connectivity index (χ0) is 15.3. The van der Waals surface area contributed by atoms with E-state index in [0.29, 0.717) is 31.1 Å². The van der Waals surface area contributed by atoms with E-state index in [1.54, 1.807) is 24.3 Å². The number of nitriles is 1. The normalized spacial score (nSPS) is 19.7. The van der Waals surface area contributed by atoms with Crippen molar-refractivity contribution in [3.05, 3.63) is 29.8 Å². The van der Waals surface area contributed by atoms with Gasteiger partial charge in [-0.15, -0.1) is 0 Å². The number of hydrogen-bond acceptors (Lipinski definition) is 5. The van der Waals surface area contributed by atoms with Crippen molar-refractivity contribution in [3.8, 4) is 11.8 Å². The highest BCUT2D eigenvalue weighted by atomic mass is 16.5. The van der Waals surface area contributed by atoms with Crippen LogP contribution in [0.25, 0.3) is 0 Å². The van der Waals surface area contributed by atoms with Crippen LogP contribution in [0.15, 0.2) is 24.3 Å². The molecule has 1 atom stereocenters. The van der Waals surface area contributed by atoms with Gasteiger partial charge in [-0.1, -0.05) is 0 Å². The highest BCUT2D eigenvalue weighted by Crippen LogP contribution is 2.19. The number of nitrogens with zero attached hydrogens (tertiary/aromatic N) is 2. The predicted molar refractivity (Wildman–Crippen MR) is 79.1 cm³/mol. The van der Waals surface area contributed by atoms with Crippen LogP contribution in [0.4, 0.5) is 0 Å². The largest absolute Gasteiger partial charge is 0.491 e. The molecule has 1 N–H and O–H groups in total. The number of aliphatic hydroxyl groups is 1. The summed E-state index contributed by atoms with van der Waals surface area (Å²) in [6.45, 7) is 7.22. The molecule has 114 valence electrons. The molecule has 0 amide bonds. The zero-order valence-electron chi connectivity index (χ0n) is 12.6. The molecule has 1 aliphatic heterocycles. The molecule has 0 aromatic heterocycles. The van der Waals surface area contributed by atoms with Crippen LogP contribution in [0.2, 0.25) is 0 Å². The number of morpholine rings is 1. The molecule has 1 saturated heterocycles. The van der Waals surface area contributed by atoms with E-state index in [-0.39, 0.29) is 12.1 Å². The van der Waals surface area contributed by atoms with Crippen molar-refractivity contribution in [2.75, 3.05) is 32.9 Å². The molecular weight excluding hydrogens is 268 g/mol. The van der Waals surface area contributed by atoms with Crippen molar-refractivity contribution in [2.24, 2.45) is 0 Å². The van der Waals surface area contributed by atoms with Gasteiger partial charge >= 0.3 is 0 Å². The van der Waals surface area contributed by atoms with Crippen LogP contribution in [-0.2, 0) is 4.74 Å². The highest BCUT2D eigenvalue weighted by molar-refractivity contribution is 5.34. The maximum absolute atomic E-state index is 10.1. The second kappa shape index (κ2) is 6.90. The van der Waals surface area contributed by atoms with Gasteiger partial charge in [-0.3, -0.25) is 4.90 Å². The van der Waals surface area contributed by atoms with Crippen molar-refractivity contribution in [1.29, 1.82) is 5.26 Å². The lowest BCUT2D eigenvalue weighted by molar-refractivity contribution is -0.0703. The van der Waals surface area contributed by atoms with E-state index in [0.717, 1.165) is 6.54 Å². The van der Waals surface area contributed by atoms with Crippen LogP contribution in [0, 0.1) is 11.3 Å². The Labute approximate surface area is 125 Å². The van der Waals surface area contributed by atoms with E-state index in [9.17, 15) is 5.11 Å². The number of benzene rings is 1. The third kappa shape index (κ3) is 4.43. The Morgan fingerprint density at radius 1 is 1.43 bits per heavy atom. The van der Waals surface area contributed by atoms with Crippen LogP contribution in [0.1, 0.15) is 19.4 Å². The molecule has 0 bridgehead atoms. The zero-order valence-corrected chi connectivity index (χ0v) is 12.6. The second-order valence-electron chi connectivity index (χ2n) is 5.91. The van der Waals surface area contributed by atoms with E-state index in [1.165, 1.54) is 0 Å². The second-order valence-corrected chi connectivity index (χ2v) is 5.91. The van der Waals surface area contributed by atoms with Crippen molar-refractivity contribution in [3.63, 3.8) is 0 Å². The summed E-state index contributed by atoms with van der Waals surface area (Å²) < 4.78 is 11.0. The van der Waals surface area contributed by atoms with Crippen molar-refractivity contribution in [2.45, 2.75) is 25.5 Å². The fourth-order valence-electron chi connectivity index (χ4n) is 2.35. The molecule has 5 nitrogen and oxygen atoms in total. The summed E-state index contributed by atoms with van der Waals surface area (Å²) in [7, 11) is 0. The molecule has 0 saturated carbocycles. The third-order valence-corrected chi connectivity index (χ3v) is 3.67. The van der Waals surface area contributed by atoms with Gasteiger partial charge in [0.1, 0.15) is 18.5 Å². The summed E-state index contributed by atoms with van der Waals surface area (Å²) in [5.41, 5.74) is 0.534. The number of aliphatic hydroxyl groups excluding tert-OH is 1. The summed E-state index contributed by atoms with van der Waals surface area (Å²) in [4.78, 5) is 2.23. The lowest BCUT2D eigenvalue weighted by atomic mass is 10.0. The first-order chi connectivity index (χ1) is 10.0. The summed E-state index contributed by atoms with van der Waals surface area (Å²) in [5.74, 6) is 0.661. The van der Waals surface area contributed by atoms with Gasteiger partial charge in [0.2, 0.25) is 0 Å². The lowest BCUT2D eigenvalue weighted by Gasteiger charge is -2.42. The third-order valence-electron chi connectivity index (χ3n) is 3.67. The first-order valence-electron chi connectivity index (χ1n) is 7.15. The van der Waals surface area contributed by atoms with Crippen molar-refractivity contribution < 1.29 is 14.6 Å². The maximum Gasteiger partial charge on any atom is 0.119 e. The number of ether oxygens (including phenoxy) is 2. The molecule has 5 heteroatoms. The maximum atomic E-state index is 10.1. The molecular formula is C16H22N2O3. The predicted octanol–water partition coefficient (Wildman–Crippen LogP) is 1.41. The van der Waals surface area contributed by atoms with E-state index in [1.807, 2.05) is 0 Å². The van der Waals surface area contributed by atoms with Gasteiger partial charge in [0.15, 0.2) is 0 Å². The van der Waals surface area contributed by atoms with E-state index in [2.05, 4.69) is 24.8 Å². The Bertz CT molecular complexity index is 493. The molecule has 0 aliphatic carbocycles. The Hall–Kier alpha value is -1.61. The summed E-state index contributed by atoms with van der Waals surface area (Å²) in [6.07, 6.45) is -0.557. The minimum atomic E-state index is -0.557. The average molecular weight is 290 g/mol. The monoisotopic (exact) mass is 290 g/mol. The summed E-state index contributed by atoms with van der Waals surface area (Å²) in [5, 5.41) is 18.9. The van der Waals surface area contributed by atoms with Crippen LogP contribution in [0.5, 0.6) is 5.75 Å². The SMILES string of the molecule is CC1(C)COCCN1C[C@@H](O)COc1ccc(C#N)cc1. The molecule has 1 aliphatic rings. The Morgan fingerprint density at radius 3 is 2.76 bits per heavy atom. The number of hydrogen-bond donors (Lipinski definition) is 1. The van der Waals surface area contributed by atoms with E-state index in [4.69, 9.17) is 14.7 Å². The lowest BCUT2D eigenvalue weighted by Crippen LogP contribution is -2.55. The Balaban J connectivity index is 1.81. The molecule has 1 aromatic rings. The van der Waals surface area contributed by atoms with Gasteiger partial charge in [0.25, 0.3) is 0 Å². The Morgan fingerprint density at radius 2 is 2.14 bits per heavy atom. The first-order valence-corrected chi connectivity index (χ1v) is 7.15. The van der Waals surface area contributed by atoms with Crippen molar-refractivity contribution >= 4 is 0 Å². The van der Waals surface area contributed by atoms with Gasteiger partial charge in [-0.2, -0.15) is 5.26 Å². The van der Waals surface area contributed by atoms with Crippen molar-refractivity contribution in [1.82, 2.24) is 4.90 Å². The van der Waals surface area contributed by atoms with Gasteiger partial charge in [-0.25, -0.2) is 0 Å². The van der Waals surface area contributed by atoms with Crippen LogP contribution >= 0.6 is 0 Å². The van der Waals surface area contributed by atoms with Crippen LogP contribution < -0.4 is 4.74 Å². The molecule has 1 heterocycles. The van der Waals surface area contributed by atoms with Gasteiger partial charge in [0, 0.05) is 18.6 Å². The quantitative estimate of drug-likeness (QED) is 0.888. The van der Waals surface area contributed by atoms with Crippen LogP contribution in [0.3, 0.4) is 0 Å². The number of β-amino-alcohol motifs (C(OH)–C–C–N with tert-alkyl or cyclic N) is 1. The minimum absolute atomic E-state index is 0.0618. The van der Waals surface area contributed by atoms with Gasteiger partial charge in [0.05, 0.1) is 24.8 Å². The number of rotatable bonds is 5. The topological polar surface area (TPSA) is 65.7 Å². The smallest absolute Gasteiger partial charge is 0.119 e.